The lowest BCUT2D eigenvalue weighted by Gasteiger charge is -2.10. The Morgan fingerprint density at radius 3 is 2.42 bits per heavy atom. The molecule has 31 heavy (non-hydrogen) atoms. The molecule has 1 N–H and O–H groups in total. The molecule has 0 aliphatic rings. The summed E-state index contributed by atoms with van der Waals surface area (Å²) in [5.41, 5.74) is 1.32. The SMILES string of the molecule is COC(=O)Cc1[nH]n(-c2ccc(F)cc2)c(=O)c1C(C)=Nc1cccc(OC)c1OC. The summed E-state index contributed by atoms with van der Waals surface area (Å²) < 4.78 is 30.0. The Morgan fingerprint density at radius 2 is 1.81 bits per heavy atom. The number of rotatable bonds is 7. The maximum atomic E-state index is 13.3. The largest absolute Gasteiger partial charge is 0.493 e. The minimum absolute atomic E-state index is 0.169. The number of halogens is 1. The van der Waals surface area contributed by atoms with Gasteiger partial charge in [0.25, 0.3) is 5.56 Å². The standard InChI is InChI=1S/C22H22FN3O5/c1-13(24-16-6-5-7-18(29-2)21(16)31-4)20-17(12-19(27)30-3)25-26(22(20)28)15-10-8-14(23)9-11-15/h5-11,25H,12H2,1-4H3. The van der Waals surface area contributed by atoms with E-state index in [-0.39, 0.29) is 12.0 Å². The van der Waals surface area contributed by atoms with E-state index in [1.54, 1.807) is 25.1 Å². The first kappa shape index (κ1) is 21.8. The van der Waals surface area contributed by atoms with Crippen molar-refractivity contribution in [3.05, 3.63) is 69.9 Å². The van der Waals surface area contributed by atoms with Crippen molar-refractivity contribution < 1.29 is 23.4 Å². The molecule has 0 fully saturated rings. The van der Waals surface area contributed by atoms with Crippen molar-refractivity contribution in [3.8, 4) is 17.2 Å². The number of hydrogen-bond donors (Lipinski definition) is 1. The summed E-state index contributed by atoms with van der Waals surface area (Å²) in [6, 6.07) is 10.6. The third-order valence-electron chi connectivity index (χ3n) is 4.63. The highest BCUT2D eigenvalue weighted by Gasteiger charge is 2.21. The van der Waals surface area contributed by atoms with Gasteiger partial charge >= 0.3 is 5.97 Å². The van der Waals surface area contributed by atoms with E-state index < -0.39 is 17.3 Å². The monoisotopic (exact) mass is 427 g/mol. The van der Waals surface area contributed by atoms with E-state index in [0.717, 1.165) is 0 Å². The van der Waals surface area contributed by atoms with Crippen molar-refractivity contribution in [1.82, 2.24) is 9.78 Å². The van der Waals surface area contributed by atoms with Gasteiger partial charge in [-0.15, -0.1) is 0 Å². The summed E-state index contributed by atoms with van der Waals surface area (Å²) >= 11 is 0. The Bertz CT molecular complexity index is 1180. The zero-order valence-corrected chi connectivity index (χ0v) is 17.6. The van der Waals surface area contributed by atoms with Crippen molar-refractivity contribution >= 4 is 17.4 Å². The van der Waals surface area contributed by atoms with Crippen LogP contribution in [0.4, 0.5) is 10.1 Å². The van der Waals surface area contributed by atoms with Crippen LogP contribution in [-0.2, 0) is 16.0 Å². The van der Waals surface area contributed by atoms with Crippen LogP contribution in [0.5, 0.6) is 11.5 Å². The molecule has 0 unspecified atom stereocenters. The van der Waals surface area contributed by atoms with Gasteiger partial charge in [-0.1, -0.05) is 6.07 Å². The number of benzene rings is 2. The highest BCUT2D eigenvalue weighted by molar-refractivity contribution is 6.02. The lowest BCUT2D eigenvalue weighted by atomic mass is 10.1. The minimum Gasteiger partial charge on any atom is -0.493 e. The third kappa shape index (κ3) is 4.50. The van der Waals surface area contributed by atoms with E-state index in [9.17, 15) is 14.0 Å². The number of H-pyrrole nitrogens is 1. The number of esters is 1. The average Bonchev–Trinajstić information content (AvgIpc) is 3.09. The van der Waals surface area contributed by atoms with Gasteiger partial charge in [-0.2, -0.15) is 0 Å². The van der Waals surface area contributed by atoms with Gasteiger partial charge < -0.3 is 14.2 Å². The highest BCUT2D eigenvalue weighted by Crippen LogP contribution is 2.37. The topological polar surface area (TPSA) is 94.9 Å². The average molecular weight is 427 g/mol. The molecule has 9 heteroatoms. The van der Waals surface area contributed by atoms with E-state index in [4.69, 9.17) is 14.2 Å². The molecule has 2 aromatic carbocycles. The number of ether oxygens (including phenoxy) is 3. The lowest BCUT2D eigenvalue weighted by Crippen LogP contribution is -2.20. The van der Waals surface area contributed by atoms with E-state index >= 15 is 0 Å². The van der Waals surface area contributed by atoms with E-state index in [2.05, 4.69) is 10.1 Å². The molecule has 162 valence electrons. The molecule has 1 heterocycles. The first-order valence-electron chi connectivity index (χ1n) is 9.32. The van der Waals surface area contributed by atoms with Crippen molar-refractivity contribution in [2.45, 2.75) is 13.3 Å². The van der Waals surface area contributed by atoms with Gasteiger partial charge in [-0.05, 0) is 43.3 Å². The molecular weight excluding hydrogens is 405 g/mol. The van der Waals surface area contributed by atoms with Crippen LogP contribution in [0.15, 0.2) is 52.3 Å². The third-order valence-corrected chi connectivity index (χ3v) is 4.63. The van der Waals surface area contributed by atoms with Gasteiger partial charge in [0.2, 0.25) is 0 Å². The number of aromatic nitrogens is 2. The summed E-state index contributed by atoms with van der Waals surface area (Å²) in [7, 11) is 4.27. The summed E-state index contributed by atoms with van der Waals surface area (Å²) in [5.74, 6) is -0.0564. The van der Waals surface area contributed by atoms with Crippen LogP contribution in [0.25, 0.3) is 5.69 Å². The van der Waals surface area contributed by atoms with Gasteiger partial charge in [0.15, 0.2) is 11.5 Å². The van der Waals surface area contributed by atoms with Crippen LogP contribution in [0.2, 0.25) is 0 Å². The van der Waals surface area contributed by atoms with Crippen LogP contribution >= 0.6 is 0 Å². The van der Waals surface area contributed by atoms with Crippen LogP contribution in [0, 0.1) is 5.82 Å². The molecule has 3 rings (SSSR count). The Balaban J connectivity index is 2.17. The second-order valence-corrected chi connectivity index (χ2v) is 6.55. The molecule has 0 saturated carbocycles. The first-order chi connectivity index (χ1) is 14.9. The molecule has 1 aromatic heterocycles. The molecular formula is C22H22FN3O5. The molecule has 3 aromatic rings. The zero-order valence-electron chi connectivity index (χ0n) is 17.6. The fourth-order valence-corrected chi connectivity index (χ4v) is 3.17. The number of nitrogens with zero attached hydrogens (tertiary/aromatic N) is 2. The maximum Gasteiger partial charge on any atom is 0.311 e. The molecule has 0 atom stereocenters. The second kappa shape index (κ2) is 9.29. The Kier molecular flexibility index (Phi) is 6.54. The molecule has 0 amide bonds. The van der Waals surface area contributed by atoms with E-state index in [0.29, 0.717) is 34.3 Å². The molecule has 0 aliphatic carbocycles. The predicted octanol–water partition coefficient (Wildman–Crippen LogP) is 3.18. The molecule has 8 nitrogen and oxygen atoms in total. The number of aliphatic imine (C=N–C) groups is 1. The van der Waals surface area contributed by atoms with Crippen LogP contribution < -0.4 is 15.0 Å². The lowest BCUT2D eigenvalue weighted by molar-refractivity contribution is -0.139. The van der Waals surface area contributed by atoms with Crippen molar-refractivity contribution in [3.63, 3.8) is 0 Å². The number of hydrogen-bond acceptors (Lipinski definition) is 6. The number of nitrogens with one attached hydrogen (secondary N) is 1. The molecule has 0 radical (unpaired) electrons. The van der Waals surface area contributed by atoms with Crippen molar-refractivity contribution in [1.29, 1.82) is 0 Å². The molecule has 0 aliphatic heterocycles. The van der Waals surface area contributed by atoms with E-state index in [1.165, 1.54) is 50.3 Å². The van der Waals surface area contributed by atoms with Crippen LogP contribution in [0.1, 0.15) is 18.2 Å². The molecule has 0 bridgehead atoms. The number of aromatic amines is 1. The number of methoxy groups -OCH3 is 3. The van der Waals surface area contributed by atoms with Gasteiger partial charge in [0.1, 0.15) is 11.5 Å². The quantitative estimate of drug-likeness (QED) is 0.462. The van der Waals surface area contributed by atoms with Gasteiger partial charge in [0, 0.05) is 0 Å². The van der Waals surface area contributed by atoms with Crippen LogP contribution in [0.3, 0.4) is 0 Å². The van der Waals surface area contributed by atoms with Gasteiger partial charge in [-0.3, -0.25) is 14.7 Å². The summed E-state index contributed by atoms with van der Waals surface area (Å²) in [6.45, 7) is 1.65. The number of carbonyl (C=O) groups is 1. The van der Waals surface area contributed by atoms with Gasteiger partial charge in [-0.25, -0.2) is 14.1 Å². The summed E-state index contributed by atoms with van der Waals surface area (Å²) in [6.07, 6.45) is -0.169. The second-order valence-electron chi connectivity index (χ2n) is 6.55. The van der Waals surface area contributed by atoms with E-state index in [1.807, 2.05) is 0 Å². The minimum atomic E-state index is -0.527. The Morgan fingerprint density at radius 1 is 1.10 bits per heavy atom. The van der Waals surface area contributed by atoms with Crippen molar-refractivity contribution in [2.24, 2.45) is 4.99 Å². The fraction of sp³-hybridized carbons (Fsp3) is 0.227. The smallest absolute Gasteiger partial charge is 0.311 e. The predicted molar refractivity (Wildman–Crippen MR) is 113 cm³/mol. The van der Waals surface area contributed by atoms with Gasteiger partial charge in [0.05, 0.1) is 50.4 Å². The molecule has 0 saturated heterocycles. The summed E-state index contributed by atoms with van der Waals surface area (Å²) in [4.78, 5) is 29.7. The normalized spacial score (nSPS) is 11.3. The van der Waals surface area contributed by atoms with Crippen LogP contribution in [-0.4, -0.2) is 42.8 Å². The zero-order chi connectivity index (χ0) is 22.5. The summed E-state index contributed by atoms with van der Waals surface area (Å²) in [5, 5.41) is 2.91. The Labute approximate surface area is 177 Å². The molecule has 0 spiro atoms. The Hall–Kier alpha value is -3.88. The number of para-hydroxylation sites is 1. The highest BCUT2D eigenvalue weighted by atomic mass is 19.1. The fourth-order valence-electron chi connectivity index (χ4n) is 3.17. The maximum absolute atomic E-state index is 13.3. The number of carbonyl (C=O) groups excluding carboxylic acids is 1. The first-order valence-corrected chi connectivity index (χ1v) is 9.32. The van der Waals surface area contributed by atoms with Crippen molar-refractivity contribution in [2.75, 3.05) is 21.3 Å².